The van der Waals surface area contributed by atoms with Crippen molar-refractivity contribution in [2.75, 3.05) is 0 Å². The van der Waals surface area contributed by atoms with Crippen LogP contribution in [0.3, 0.4) is 0 Å². The Bertz CT molecular complexity index is 330. The molecule has 1 aromatic carbocycles. The van der Waals surface area contributed by atoms with E-state index in [0.717, 1.165) is 24.2 Å². The molecular formula is C14H23NO. The fourth-order valence-electron chi connectivity index (χ4n) is 1.75. The Kier molecular flexibility index (Phi) is 4.81. The van der Waals surface area contributed by atoms with Crippen molar-refractivity contribution in [3.63, 3.8) is 0 Å². The van der Waals surface area contributed by atoms with Crippen LogP contribution in [0.4, 0.5) is 0 Å². The second-order valence-corrected chi connectivity index (χ2v) is 4.39. The Morgan fingerprint density at radius 2 is 1.88 bits per heavy atom. The Labute approximate surface area is 98.8 Å². The Balaban J connectivity index is 2.95. The van der Waals surface area contributed by atoms with Crippen molar-refractivity contribution < 1.29 is 4.74 Å². The van der Waals surface area contributed by atoms with E-state index in [-0.39, 0.29) is 6.04 Å². The van der Waals surface area contributed by atoms with E-state index >= 15 is 0 Å². The highest BCUT2D eigenvalue weighted by atomic mass is 16.5. The summed E-state index contributed by atoms with van der Waals surface area (Å²) in [6.07, 6.45) is 2.35. The number of rotatable bonds is 5. The Morgan fingerprint density at radius 1 is 1.25 bits per heavy atom. The third kappa shape index (κ3) is 3.24. The highest BCUT2D eigenvalue weighted by Crippen LogP contribution is 2.27. The van der Waals surface area contributed by atoms with Crippen molar-refractivity contribution >= 4 is 0 Å². The second kappa shape index (κ2) is 5.90. The minimum absolute atomic E-state index is 0.0185. The minimum Gasteiger partial charge on any atom is -0.490 e. The van der Waals surface area contributed by atoms with Gasteiger partial charge in [-0.3, -0.25) is 0 Å². The van der Waals surface area contributed by atoms with Gasteiger partial charge in [-0.25, -0.2) is 0 Å². The van der Waals surface area contributed by atoms with Crippen molar-refractivity contribution in [3.8, 4) is 5.75 Å². The van der Waals surface area contributed by atoms with Crippen LogP contribution in [0.2, 0.25) is 0 Å². The molecule has 16 heavy (non-hydrogen) atoms. The lowest BCUT2D eigenvalue weighted by atomic mass is 10.1. The van der Waals surface area contributed by atoms with Gasteiger partial charge in [-0.15, -0.1) is 0 Å². The summed E-state index contributed by atoms with van der Waals surface area (Å²) in [5, 5.41) is 0. The van der Waals surface area contributed by atoms with E-state index < -0.39 is 0 Å². The van der Waals surface area contributed by atoms with Crippen molar-refractivity contribution in [1.82, 2.24) is 0 Å². The lowest BCUT2D eigenvalue weighted by Crippen LogP contribution is -2.16. The standard InChI is InChI=1S/C14H23NO/c1-5-12(6-2)16-14-9-10(3)7-8-13(14)11(4)15/h7-9,11-12H,5-6,15H2,1-4H3/t11-/m1/s1. The Morgan fingerprint density at radius 3 is 2.38 bits per heavy atom. The van der Waals surface area contributed by atoms with E-state index in [4.69, 9.17) is 10.5 Å². The van der Waals surface area contributed by atoms with Gasteiger partial charge in [0.1, 0.15) is 5.75 Å². The van der Waals surface area contributed by atoms with Crippen LogP contribution in [0.25, 0.3) is 0 Å². The molecule has 2 heteroatoms. The predicted molar refractivity (Wildman–Crippen MR) is 68.8 cm³/mol. The van der Waals surface area contributed by atoms with Crippen LogP contribution < -0.4 is 10.5 Å². The molecule has 0 bridgehead atoms. The zero-order valence-corrected chi connectivity index (χ0v) is 10.8. The molecule has 0 spiro atoms. The quantitative estimate of drug-likeness (QED) is 0.824. The van der Waals surface area contributed by atoms with Crippen LogP contribution >= 0.6 is 0 Å². The maximum absolute atomic E-state index is 6.01. The molecule has 0 fully saturated rings. The molecule has 0 saturated heterocycles. The average molecular weight is 221 g/mol. The summed E-state index contributed by atoms with van der Waals surface area (Å²) in [7, 11) is 0. The summed E-state index contributed by atoms with van der Waals surface area (Å²) in [6.45, 7) is 8.36. The lowest BCUT2D eigenvalue weighted by Gasteiger charge is -2.20. The molecule has 1 rings (SSSR count). The third-order valence-electron chi connectivity index (χ3n) is 2.86. The molecule has 0 saturated carbocycles. The maximum atomic E-state index is 6.01. The number of hydrogen-bond acceptors (Lipinski definition) is 2. The zero-order chi connectivity index (χ0) is 12.1. The first kappa shape index (κ1) is 13.0. The Hall–Kier alpha value is -1.02. The van der Waals surface area contributed by atoms with Crippen LogP contribution in [0.5, 0.6) is 5.75 Å². The molecule has 0 aliphatic rings. The topological polar surface area (TPSA) is 35.2 Å². The van der Waals surface area contributed by atoms with Crippen LogP contribution in [-0.2, 0) is 0 Å². The molecule has 90 valence electrons. The molecule has 0 amide bonds. The number of benzene rings is 1. The molecule has 2 nitrogen and oxygen atoms in total. The van der Waals surface area contributed by atoms with Gasteiger partial charge in [0.15, 0.2) is 0 Å². The van der Waals surface area contributed by atoms with Crippen LogP contribution in [-0.4, -0.2) is 6.10 Å². The van der Waals surface area contributed by atoms with Gasteiger partial charge in [-0.2, -0.15) is 0 Å². The normalized spacial score (nSPS) is 12.9. The number of hydrogen-bond donors (Lipinski definition) is 1. The first-order chi connectivity index (χ1) is 7.58. The molecule has 0 aliphatic heterocycles. The molecule has 1 atom stereocenters. The van der Waals surface area contributed by atoms with Crippen LogP contribution in [0.15, 0.2) is 18.2 Å². The highest BCUT2D eigenvalue weighted by Gasteiger charge is 2.12. The van der Waals surface area contributed by atoms with E-state index in [1.165, 1.54) is 5.56 Å². The van der Waals surface area contributed by atoms with Gasteiger partial charge in [0.05, 0.1) is 6.10 Å². The maximum Gasteiger partial charge on any atom is 0.124 e. The molecule has 1 aromatic rings. The smallest absolute Gasteiger partial charge is 0.124 e. The predicted octanol–water partition coefficient (Wildman–Crippen LogP) is 3.58. The highest BCUT2D eigenvalue weighted by molar-refractivity contribution is 5.39. The van der Waals surface area contributed by atoms with Gasteiger partial charge >= 0.3 is 0 Å². The van der Waals surface area contributed by atoms with Crippen molar-refractivity contribution in [2.45, 2.75) is 52.7 Å². The summed E-state index contributed by atoms with van der Waals surface area (Å²) in [4.78, 5) is 0. The number of nitrogens with two attached hydrogens (primary N) is 1. The van der Waals surface area contributed by atoms with Crippen molar-refractivity contribution in [3.05, 3.63) is 29.3 Å². The number of aryl methyl sites for hydroxylation is 1. The molecular weight excluding hydrogens is 198 g/mol. The third-order valence-corrected chi connectivity index (χ3v) is 2.86. The van der Waals surface area contributed by atoms with Gasteiger partial charge in [-0.05, 0) is 38.3 Å². The molecule has 0 radical (unpaired) electrons. The van der Waals surface area contributed by atoms with E-state index in [1.807, 2.05) is 6.92 Å². The molecule has 2 N–H and O–H groups in total. The first-order valence-electron chi connectivity index (χ1n) is 6.11. The van der Waals surface area contributed by atoms with Gasteiger partial charge in [-0.1, -0.05) is 26.0 Å². The van der Waals surface area contributed by atoms with Gasteiger partial charge in [0.25, 0.3) is 0 Å². The summed E-state index contributed by atoms with van der Waals surface area (Å²) in [5.74, 6) is 0.948. The van der Waals surface area contributed by atoms with Gasteiger partial charge in [0.2, 0.25) is 0 Å². The second-order valence-electron chi connectivity index (χ2n) is 4.39. The summed E-state index contributed by atoms with van der Waals surface area (Å²) < 4.78 is 6.01. The SMILES string of the molecule is CCC(CC)Oc1cc(C)ccc1[C@@H](C)N. The summed E-state index contributed by atoms with van der Waals surface area (Å²) in [5.41, 5.74) is 8.25. The zero-order valence-electron chi connectivity index (χ0n) is 10.8. The van der Waals surface area contributed by atoms with Gasteiger partial charge < -0.3 is 10.5 Å². The summed E-state index contributed by atoms with van der Waals surface area (Å²) >= 11 is 0. The van der Waals surface area contributed by atoms with E-state index in [0.29, 0.717) is 6.10 Å². The van der Waals surface area contributed by atoms with Crippen molar-refractivity contribution in [1.29, 1.82) is 0 Å². The van der Waals surface area contributed by atoms with E-state index in [2.05, 4.69) is 39.0 Å². The summed E-state index contributed by atoms with van der Waals surface area (Å²) in [6, 6.07) is 6.25. The molecule has 0 unspecified atom stereocenters. The average Bonchev–Trinajstić information content (AvgIpc) is 2.25. The fraction of sp³-hybridized carbons (Fsp3) is 0.571. The fourth-order valence-corrected chi connectivity index (χ4v) is 1.75. The van der Waals surface area contributed by atoms with Gasteiger partial charge in [0, 0.05) is 11.6 Å². The lowest BCUT2D eigenvalue weighted by molar-refractivity contribution is 0.190. The monoisotopic (exact) mass is 221 g/mol. The first-order valence-corrected chi connectivity index (χ1v) is 6.11. The van der Waals surface area contributed by atoms with Crippen LogP contribution in [0.1, 0.15) is 50.8 Å². The van der Waals surface area contributed by atoms with Crippen LogP contribution in [0, 0.1) is 6.92 Å². The minimum atomic E-state index is 0.0185. The number of ether oxygens (including phenoxy) is 1. The van der Waals surface area contributed by atoms with E-state index in [1.54, 1.807) is 0 Å². The molecule has 0 aliphatic carbocycles. The molecule has 0 heterocycles. The van der Waals surface area contributed by atoms with Crippen molar-refractivity contribution in [2.24, 2.45) is 5.73 Å². The van der Waals surface area contributed by atoms with E-state index in [9.17, 15) is 0 Å². The molecule has 0 aromatic heterocycles. The largest absolute Gasteiger partial charge is 0.490 e.